The third-order valence-corrected chi connectivity index (χ3v) is 2.74. The van der Waals surface area contributed by atoms with E-state index in [-0.39, 0.29) is 17.9 Å². The zero-order chi connectivity index (χ0) is 15.2. The number of amides is 1. The van der Waals surface area contributed by atoms with Crippen LogP contribution in [0.2, 0.25) is 0 Å². The maximum absolute atomic E-state index is 11.5. The van der Waals surface area contributed by atoms with Crippen LogP contribution in [0.25, 0.3) is 0 Å². The van der Waals surface area contributed by atoms with Gasteiger partial charge < -0.3 is 10.1 Å². The third kappa shape index (κ3) is 7.17. The van der Waals surface area contributed by atoms with Crippen LogP contribution >= 0.6 is 0 Å². The Morgan fingerprint density at radius 1 is 1.20 bits per heavy atom. The quantitative estimate of drug-likeness (QED) is 0.865. The van der Waals surface area contributed by atoms with Crippen LogP contribution in [0.4, 0.5) is 0 Å². The number of rotatable bonds is 6. The van der Waals surface area contributed by atoms with Crippen molar-refractivity contribution >= 4 is 5.91 Å². The topological polar surface area (TPSA) is 38.3 Å². The van der Waals surface area contributed by atoms with Gasteiger partial charge in [0.1, 0.15) is 5.75 Å². The first-order valence-electron chi connectivity index (χ1n) is 7.25. The lowest BCUT2D eigenvalue weighted by atomic mass is 9.88. The highest BCUT2D eigenvalue weighted by molar-refractivity contribution is 5.77. The van der Waals surface area contributed by atoms with Gasteiger partial charge >= 0.3 is 0 Å². The minimum absolute atomic E-state index is 0.0718. The van der Waals surface area contributed by atoms with E-state index >= 15 is 0 Å². The Kier molecular flexibility index (Phi) is 6.05. The maximum Gasteiger partial charge on any atom is 0.257 e. The predicted octanol–water partition coefficient (Wildman–Crippen LogP) is 3.43. The van der Waals surface area contributed by atoms with Crippen molar-refractivity contribution in [3.8, 4) is 5.75 Å². The van der Waals surface area contributed by atoms with Gasteiger partial charge in [0.25, 0.3) is 5.91 Å². The molecule has 1 amide bonds. The molecule has 0 spiro atoms. The molecule has 20 heavy (non-hydrogen) atoms. The third-order valence-electron chi connectivity index (χ3n) is 2.74. The lowest BCUT2D eigenvalue weighted by Gasteiger charge is -2.18. The second-order valence-electron chi connectivity index (χ2n) is 6.87. The molecule has 3 nitrogen and oxygen atoms in total. The summed E-state index contributed by atoms with van der Waals surface area (Å²) in [6.07, 6.45) is 1.03. The van der Waals surface area contributed by atoms with Crippen LogP contribution in [-0.4, -0.2) is 19.1 Å². The van der Waals surface area contributed by atoms with Gasteiger partial charge in [0.05, 0.1) is 0 Å². The summed E-state index contributed by atoms with van der Waals surface area (Å²) < 4.78 is 5.47. The van der Waals surface area contributed by atoms with Gasteiger partial charge in [0.15, 0.2) is 6.61 Å². The van der Waals surface area contributed by atoms with E-state index in [0.29, 0.717) is 12.5 Å². The molecule has 0 radical (unpaired) electrons. The summed E-state index contributed by atoms with van der Waals surface area (Å²) in [6, 6.07) is 7.98. The highest BCUT2D eigenvalue weighted by Gasteiger charge is 2.11. The lowest BCUT2D eigenvalue weighted by Crippen LogP contribution is -2.31. The molecule has 1 N–H and O–H groups in total. The predicted molar refractivity (Wildman–Crippen MR) is 82.9 cm³/mol. The van der Waals surface area contributed by atoms with Gasteiger partial charge in [-0.3, -0.25) is 4.79 Å². The number of hydrogen-bond donors (Lipinski definition) is 1. The van der Waals surface area contributed by atoms with E-state index in [0.717, 1.165) is 12.2 Å². The average molecular weight is 277 g/mol. The summed E-state index contributed by atoms with van der Waals surface area (Å²) in [7, 11) is 0. The van der Waals surface area contributed by atoms with E-state index in [9.17, 15) is 4.79 Å². The molecule has 0 aliphatic rings. The highest BCUT2D eigenvalue weighted by atomic mass is 16.5. The zero-order valence-electron chi connectivity index (χ0n) is 13.3. The molecule has 0 aromatic heterocycles. The molecule has 0 aliphatic carbocycles. The number of benzene rings is 1. The molecule has 1 aromatic carbocycles. The van der Waals surface area contributed by atoms with Crippen molar-refractivity contribution in [2.24, 2.45) is 11.3 Å². The number of nitrogens with one attached hydrogen (secondary N) is 1. The minimum Gasteiger partial charge on any atom is -0.484 e. The molecule has 0 unspecified atom stereocenters. The van der Waals surface area contributed by atoms with Gasteiger partial charge in [-0.05, 0) is 35.4 Å². The van der Waals surface area contributed by atoms with Crippen molar-refractivity contribution in [1.29, 1.82) is 0 Å². The summed E-state index contributed by atoms with van der Waals surface area (Å²) in [5.41, 5.74) is 1.56. The molecule has 0 aliphatic heterocycles. The van der Waals surface area contributed by atoms with E-state index in [1.807, 2.05) is 12.1 Å². The smallest absolute Gasteiger partial charge is 0.257 e. The Balaban J connectivity index is 2.40. The van der Waals surface area contributed by atoms with Crippen molar-refractivity contribution < 1.29 is 9.53 Å². The number of hydrogen-bond acceptors (Lipinski definition) is 2. The molecule has 0 fully saturated rings. The maximum atomic E-state index is 11.5. The fourth-order valence-corrected chi connectivity index (χ4v) is 1.83. The monoisotopic (exact) mass is 277 g/mol. The Bertz CT molecular complexity index is 416. The van der Waals surface area contributed by atoms with Gasteiger partial charge in [-0.2, -0.15) is 0 Å². The van der Waals surface area contributed by atoms with Crippen molar-refractivity contribution in [1.82, 2.24) is 5.32 Å². The lowest BCUT2D eigenvalue weighted by molar-refractivity contribution is -0.123. The van der Waals surface area contributed by atoms with E-state index in [1.54, 1.807) is 0 Å². The first kappa shape index (κ1) is 16.5. The molecule has 1 rings (SSSR count). The Labute approximate surface area is 122 Å². The largest absolute Gasteiger partial charge is 0.484 e. The summed E-state index contributed by atoms with van der Waals surface area (Å²) in [6.45, 7) is 11.5. The fourth-order valence-electron chi connectivity index (χ4n) is 1.83. The van der Waals surface area contributed by atoms with Gasteiger partial charge in [-0.15, -0.1) is 0 Å². The van der Waals surface area contributed by atoms with Gasteiger partial charge in [-0.25, -0.2) is 0 Å². The summed E-state index contributed by atoms with van der Waals surface area (Å²) in [5, 5.41) is 2.83. The van der Waals surface area contributed by atoms with Crippen LogP contribution < -0.4 is 10.1 Å². The Morgan fingerprint density at radius 2 is 1.80 bits per heavy atom. The van der Waals surface area contributed by atoms with Crippen LogP contribution in [0, 0.1) is 11.3 Å². The number of ether oxygens (including phenoxy) is 1. The number of carbonyl (C=O) groups is 1. The van der Waals surface area contributed by atoms with Crippen LogP contribution in [0.5, 0.6) is 5.75 Å². The van der Waals surface area contributed by atoms with Gasteiger partial charge in [0, 0.05) is 6.54 Å². The first-order chi connectivity index (χ1) is 9.26. The van der Waals surface area contributed by atoms with Crippen molar-refractivity contribution in [2.75, 3.05) is 13.2 Å². The average Bonchev–Trinajstić information content (AvgIpc) is 2.33. The molecule has 1 aromatic rings. The minimum atomic E-state index is -0.0718. The molecule has 3 heteroatoms. The highest BCUT2D eigenvalue weighted by Crippen LogP contribution is 2.22. The van der Waals surface area contributed by atoms with E-state index < -0.39 is 0 Å². The molecule has 0 saturated carbocycles. The standard InChI is InChI=1S/C17H27NO2/c1-13(2)11-18-16(19)12-20-15-8-6-14(7-9-15)10-17(3,4)5/h6-9,13H,10-12H2,1-5H3,(H,18,19). The molecular weight excluding hydrogens is 250 g/mol. The Morgan fingerprint density at radius 3 is 2.30 bits per heavy atom. The van der Waals surface area contributed by atoms with E-state index in [2.05, 4.69) is 52.1 Å². The normalized spacial score (nSPS) is 11.5. The van der Waals surface area contributed by atoms with Crippen molar-refractivity contribution in [2.45, 2.75) is 41.0 Å². The van der Waals surface area contributed by atoms with Crippen LogP contribution in [0.1, 0.15) is 40.2 Å². The van der Waals surface area contributed by atoms with Gasteiger partial charge in [0.2, 0.25) is 0 Å². The summed E-state index contributed by atoms with van der Waals surface area (Å²) in [5.74, 6) is 1.12. The van der Waals surface area contributed by atoms with E-state index in [1.165, 1.54) is 5.56 Å². The molecule has 0 heterocycles. The zero-order valence-corrected chi connectivity index (χ0v) is 13.3. The second-order valence-corrected chi connectivity index (χ2v) is 6.87. The fraction of sp³-hybridized carbons (Fsp3) is 0.588. The Hall–Kier alpha value is -1.51. The van der Waals surface area contributed by atoms with Gasteiger partial charge in [-0.1, -0.05) is 46.8 Å². The molecular formula is C17H27NO2. The summed E-state index contributed by atoms with van der Waals surface area (Å²) in [4.78, 5) is 11.5. The van der Waals surface area contributed by atoms with Crippen molar-refractivity contribution in [3.05, 3.63) is 29.8 Å². The molecule has 0 atom stereocenters. The molecule has 112 valence electrons. The molecule has 0 saturated heterocycles. The van der Waals surface area contributed by atoms with Crippen LogP contribution in [0.15, 0.2) is 24.3 Å². The van der Waals surface area contributed by atoms with E-state index in [4.69, 9.17) is 4.74 Å². The van der Waals surface area contributed by atoms with Crippen LogP contribution in [-0.2, 0) is 11.2 Å². The first-order valence-corrected chi connectivity index (χ1v) is 7.25. The SMILES string of the molecule is CC(C)CNC(=O)COc1ccc(CC(C)(C)C)cc1. The second kappa shape index (κ2) is 7.32. The van der Waals surface area contributed by atoms with Crippen molar-refractivity contribution in [3.63, 3.8) is 0 Å². The number of carbonyl (C=O) groups excluding carboxylic acids is 1. The summed E-state index contributed by atoms with van der Waals surface area (Å²) >= 11 is 0. The van der Waals surface area contributed by atoms with Crippen LogP contribution in [0.3, 0.4) is 0 Å². The molecule has 0 bridgehead atoms.